The lowest BCUT2D eigenvalue weighted by molar-refractivity contribution is 0.904. The third-order valence-electron chi connectivity index (χ3n) is 1.63. The van der Waals surface area contributed by atoms with Crippen LogP contribution in [-0.2, 0) is 0 Å². The van der Waals surface area contributed by atoms with Gasteiger partial charge in [-0.1, -0.05) is 17.8 Å². The van der Waals surface area contributed by atoms with Crippen LogP contribution < -0.4 is 10.6 Å². The second-order valence-electron chi connectivity index (χ2n) is 2.41. The molecule has 3 nitrogen and oxygen atoms in total. The maximum atomic E-state index is 5.80. The molecule has 0 aliphatic carbocycles. The molecule has 4 heteroatoms. The summed E-state index contributed by atoms with van der Waals surface area (Å²) in [5, 5.41) is 1.97. The number of nitrogens with zero attached hydrogens (tertiary/aromatic N) is 2. The summed E-state index contributed by atoms with van der Waals surface area (Å²) in [6, 6.07) is 5.78. The first-order chi connectivity index (χ1) is 5.88. The molecule has 12 heavy (non-hydrogen) atoms. The van der Waals surface area contributed by atoms with Gasteiger partial charge in [0.15, 0.2) is 0 Å². The first-order valence-electron chi connectivity index (χ1n) is 3.65. The number of pyridine rings is 1. The fourth-order valence-corrected chi connectivity index (χ4v) is 1.72. The highest BCUT2D eigenvalue weighted by atomic mass is 32.2. The highest BCUT2D eigenvalue weighted by Gasteiger charge is 2.16. The number of anilines is 1. The van der Waals surface area contributed by atoms with E-state index in [2.05, 4.69) is 4.98 Å². The van der Waals surface area contributed by atoms with Crippen molar-refractivity contribution in [2.24, 2.45) is 5.73 Å². The molecule has 0 aromatic carbocycles. The number of rotatable bonds is 1. The summed E-state index contributed by atoms with van der Waals surface area (Å²) in [5.74, 6) is 0.895. The molecule has 1 unspecified atom stereocenters. The summed E-state index contributed by atoms with van der Waals surface area (Å²) in [4.78, 5) is 6.13. The minimum atomic E-state index is -0.0279. The molecule has 0 saturated heterocycles. The van der Waals surface area contributed by atoms with Gasteiger partial charge in [-0.05, 0) is 17.5 Å². The van der Waals surface area contributed by atoms with Crippen molar-refractivity contribution in [1.82, 2.24) is 4.98 Å². The Balaban J connectivity index is 2.25. The van der Waals surface area contributed by atoms with Gasteiger partial charge in [0.05, 0.1) is 0 Å². The fourth-order valence-electron chi connectivity index (χ4n) is 1.04. The summed E-state index contributed by atoms with van der Waals surface area (Å²) in [7, 11) is 0. The van der Waals surface area contributed by atoms with E-state index in [1.807, 2.05) is 34.7 Å². The average Bonchev–Trinajstić information content (AvgIpc) is 2.53. The lowest BCUT2D eigenvalue weighted by atomic mass is 10.4. The van der Waals surface area contributed by atoms with Crippen LogP contribution in [0.25, 0.3) is 0 Å². The molecule has 1 aliphatic rings. The van der Waals surface area contributed by atoms with E-state index in [4.69, 9.17) is 5.73 Å². The van der Waals surface area contributed by atoms with E-state index in [0.717, 1.165) is 5.82 Å². The molecule has 2 N–H and O–H groups in total. The van der Waals surface area contributed by atoms with Crippen LogP contribution in [0.2, 0.25) is 0 Å². The van der Waals surface area contributed by atoms with Gasteiger partial charge in [-0.25, -0.2) is 4.98 Å². The second kappa shape index (κ2) is 3.16. The summed E-state index contributed by atoms with van der Waals surface area (Å²) in [6.45, 7) is 0. The predicted octanol–water partition coefficient (Wildman–Crippen LogP) is 1.35. The smallest absolute Gasteiger partial charge is 0.134 e. The third kappa shape index (κ3) is 1.31. The van der Waals surface area contributed by atoms with Gasteiger partial charge in [-0.2, -0.15) is 0 Å². The quantitative estimate of drug-likeness (QED) is 0.706. The van der Waals surface area contributed by atoms with Gasteiger partial charge in [0, 0.05) is 12.4 Å². The average molecular weight is 179 g/mol. The molecule has 0 radical (unpaired) electrons. The standard InChI is InChI=1S/C8H9N3S/c9-8-11(5-6-12-8)7-3-1-2-4-10-7/h1-6,8H,9H2. The molecule has 1 aliphatic heterocycles. The van der Waals surface area contributed by atoms with Crippen LogP contribution in [0.3, 0.4) is 0 Å². The van der Waals surface area contributed by atoms with E-state index in [-0.39, 0.29) is 5.50 Å². The Morgan fingerprint density at radius 3 is 3.00 bits per heavy atom. The number of hydrogen-bond donors (Lipinski definition) is 1. The zero-order valence-corrected chi connectivity index (χ0v) is 7.24. The Morgan fingerprint density at radius 2 is 2.42 bits per heavy atom. The summed E-state index contributed by atoms with van der Waals surface area (Å²) in [5.41, 5.74) is 5.77. The zero-order valence-electron chi connectivity index (χ0n) is 6.42. The molecular weight excluding hydrogens is 170 g/mol. The Bertz CT molecular complexity index is 286. The van der Waals surface area contributed by atoms with Crippen LogP contribution in [0.5, 0.6) is 0 Å². The highest BCUT2D eigenvalue weighted by Crippen LogP contribution is 2.25. The van der Waals surface area contributed by atoms with Crippen molar-refractivity contribution in [1.29, 1.82) is 0 Å². The first-order valence-corrected chi connectivity index (χ1v) is 4.59. The number of aromatic nitrogens is 1. The summed E-state index contributed by atoms with van der Waals surface area (Å²) in [6.07, 6.45) is 3.70. The molecular formula is C8H9N3S. The molecule has 62 valence electrons. The molecule has 1 aromatic rings. The first kappa shape index (κ1) is 7.64. The molecule has 0 amide bonds. The Labute approximate surface area is 75.3 Å². The van der Waals surface area contributed by atoms with E-state index in [1.54, 1.807) is 18.0 Å². The molecule has 0 spiro atoms. The SMILES string of the molecule is NC1SC=CN1c1ccccn1. The summed E-state index contributed by atoms with van der Waals surface area (Å²) >= 11 is 1.58. The van der Waals surface area contributed by atoms with Crippen molar-refractivity contribution < 1.29 is 0 Å². The highest BCUT2D eigenvalue weighted by molar-refractivity contribution is 8.03. The van der Waals surface area contributed by atoms with Gasteiger partial charge in [0.25, 0.3) is 0 Å². The normalized spacial score (nSPS) is 21.8. The van der Waals surface area contributed by atoms with Crippen molar-refractivity contribution in [3.8, 4) is 0 Å². The maximum Gasteiger partial charge on any atom is 0.134 e. The van der Waals surface area contributed by atoms with Crippen LogP contribution in [0.15, 0.2) is 36.0 Å². The van der Waals surface area contributed by atoms with Crippen molar-refractivity contribution in [3.63, 3.8) is 0 Å². The van der Waals surface area contributed by atoms with Crippen LogP contribution >= 0.6 is 11.8 Å². The minimum Gasteiger partial charge on any atom is -0.307 e. The number of thioether (sulfide) groups is 1. The van der Waals surface area contributed by atoms with Gasteiger partial charge in [0.2, 0.25) is 0 Å². The zero-order chi connectivity index (χ0) is 8.39. The molecule has 0 fully saturated rings. The molecule has 2 heterocycles. The van der Waals surface area contributed by atoms with Crippen molar-refractivity contribution in [2.45, 2.75) is 5.50 Å². The molecule has 0 saturated carbocycles. The Morgan fingerprint density at radius 1 is 1.50 bits per heavy atom. The second-order valence-corrected chi connectivity index (χ2v) is 3.43. The molecule has 0 bridgehead atoms. The number of nitrogens with two attached hydrogens (primary N) is 1. The van der Waals surface area contributed by atoms with Crippen LogP contribution in [-0.4, -0.2) is 10.5 Å². The van der Waals surface area contributed by atoms with Crippen LogP contribution in [0, 0.1) is 0 Å². The van der Waals surface area contributed by atoms with E-state index < -0.39 is 0 Å². The lowest BCUT2D eigenvalue weighted by Crippen LogP contribution is -2.32. The van der Waals surface area contributed by atoms with Crippen molar-refractivity contribution >= 4 is 17.6 Å². The number of hydrogen-bond acceptors (Lipinski definition) is 4. The Kier molecular flexibility index (Phi) is 2.01. The molecule has 1 atom stereocenters. The van der Waals surface area contributed by atoms with Crippen molar-refractivity contribution in [3.05, 3.63) is 36.0 Å². The fraction of sp³-hybridized carbons (Fsp3) is 0.125. The Hall–Kier alpha value is -1.00. The van der Waals surface area contributed by atoms with E-state index in [0.29, 0.717) is 0 Å². The van der Waals surface area contributed by atoms with E-state index in [9.17, 15) is 0 Å². The topological polar surface area (TPSA) is 42.1 Å². The molecule has 2 rings (SSSR count). The van der Waals surface area contributed by atoms with E-state index >= 15 is 0 Å². The third-order valence-corrected chi connectivity index (χ3v) is 2.41. The summed E-state index contributed by atoms with van der Waals surface area (Å²) < 4.78 is 0. The van der Waals surface area contributed by atoms with Gasteiger partial charge < -0.3 is 10.6 Å². The monoisotopic (exact) mass is 179 g/mol. The largest absolute Gasteiger partial charge is 0.307 e. The van der Waals surface area contributed by atoms with Gasteiger partial charge in [0.1, 0.15) is 11.3 Å². The minimum absolute atomic E-state index is 0.0279. The van der Waals surface area contributed by atoms with Gasteiger partial charge in [-0.3, -0.25) is 0 Å². The van der Waals surface area contributed by atoms with Crippen molar-refractivity contribution in [2.75, 3.05) is 4.90 Å². The van der Waals surface area contributed by atoms with E-state index in [1.165, 1.54) is 0 Å². The molecule has 1 aromatic heterocycles. The maximum absolute atomic E-state index is 5.80. The van der Waals surface area contributed by atoms with Gasteiger partial charge >= 0.3 is 0 Å². The van der Waals surface area contributed by atoms with Gasteiger partial charge in [-0.15, -0.1) is 0 Å². The predicted molar refractivity (Wildman–Crippen MR) is 51.4 cm³/mol. The lowest BCUT2D eigenvalue weighted by Gasteiger charge is -2.19. The van der Waals surface area contributed by atoms with Crippen LogP contribution in [0.1, 0.15) is 0 Å². The van der Waals surface area contributed by atoms with Crippen LogP contribution in [0.4, 0.5) is 5.82 Å².